The van der Waals surface area contributed by atoms with Gasteiger partial charge in [-0.3, -0.25) is 9.10 Å². The fraction of sp³-hybridized carbons (Fsp3) is 0.174. The lowest BCUT2D eigenvalue weighted by Crippen LogP contribution is -2.41. The molecule has 0 aliphatic heterocycles. The van der Waals surface area contributed by atoms with Crippen molar-refractivity contribution in [1.82, 2.24) is 5.32 Å². The Morgan fingerprint density at radius 2 is 1.53 bits per heavy atom. The summed E-state index contributed by atoms with van der Waals surface area (Å²) in [5, 5.41) is 3.14. The Hall–Kier alpha value is -2.59. The fourth-order valence-corrected chi connectivity index (χ4v) is 5.86. The number of amides is 1. The monoisotopic (exact) mass is 540 g/mol. The zero-order valence-electron chi connectivity index (χ0n) is 18.3. The van der Waals surface area contributed by atoms with Crippen LogP contribution in [-0.4, -0.2) is 35.5 Å². The maximum absolute atomic E-state index is 13.4. The van der Waals surface area contributed by atoms with Gasteiger partial charge in [-0.15, -0.1) is 0 Å². The number of rotatable bonds is 8. The summed E-state index contributed by atoms with van der Waals surface area (Å²) < 4.78 is 51.0. The van der Waals surface area contributed by atoms with Crippen LogP contribution < -0.4 is 9.62 Å². The number of halogens is 2. The lowest BCUT2D eigenvalue weighted by Gasteiger charge is -2.26. The summed E-state index contributed by atoms with van der Waals surface area (Å²) in [6, 6.07) is 17.6. The van der Waals surface area contributed by atoms with Gasteiger partial charge in [0.15, 0.2) is 9.84 Å². The van der Waals surface area contributed by atoms with Gasteiger partial charge in [0.05, 0.1) is 26.5 Å². The number of nitrogens with zero attached hydrogens (tertiary/aromatic N) is 1. The lowest BCUT2D eigenvalue weighted by atomic mass is 10.1. The van der Waals surface area contributed by atoms with Crippen molar-refractivity contribution in [2.75, 3.05) is 17.1 Å². The van der Waals surface area contributed by atoms with Crippen molar-refractivity contribution in [2.24, 2.45) is 0 Å². The van der Waals surface area contributed by atoms with Crippen molar-refractivity contribution in [3.63, 3.8) is 0 Å². The molecular formula is C23H22Cl2N2O5S2. The topological polar surface area (TPSA) is 101 Å². The van der Waals surface area contributed by atoms with E-state index < -0.39 is 38.4 Å². The summed E-state index contributed by atoms with van der Waals surface area (Å²) in [7, 11) is -7.48. The molecule has 0 saturated heterocycles. The number of benzene rings is 3. The van der Waals surface area contributed by atoms with Gasteiger partial charge in [-0.1, -0.05) is 53.5 Å². The minimum absolute atomic E-state index is 0.00164. The number of sulfonamides is 1. The van der Waals surface area contributed by atoms with Gasteiger partial charge < -0.3 is 5.32 Å². The van der Waals surface area contributed by atoms with Gasteiger partial charge in [0.1, 0.15) is 6.54 Å². The quantitative estimate of drug-likeness (QED) is 0.454. The molecule has 0 fully saturated rings. The Morgan fingerprint density at radius 1 is 0.912 bits per heavy atom. The summed E-state index contributed by atoms with van der Waals surface area (Å²) in [5.41, 5.74) is 0.762. The summed E-state index contributed by atoms with van der Waals surface area (Å²) in [6.45, 7) is 1.17. The second-order valence-electron chi connectivity index (χ2n) is 7.55. The average Bonchev–Trinajstić information content (AvgIpc) is 2.78. The number of sulfone groups is 1. The van der Waals surface area contributed by atoms with Crippen molar-refractivity contribution in [3.8, 4) is 0 Å². The Labute approximate surface area is 209 Å². The molecule has 7 nitrogen and oxygen atoms in total. The smallest absolute Gasteiger partial charge is 0.264 e. The van der Waals surface area contributed by atoms with Gasteiger partial charge in [-0.05, 0) is 55.0 Å². The van der Waals surface area contributed by atoms with E-state index in [0.717, 1.165) is 10.6 Å². The summed E-state index contributed by atoms with van der Waals surface area (Å²) in [5.74, 6) is -0.579. The molecule has 0 saturated carbocycles. The van der Waals surface area contributed by atoms with Crippen LogP contribution in [-0.2, 0) is 24.7 Å². The third-order valence-electron chi connectivity index (χ3n) is 4.98. The van der Waals surface area contributed by atoms with Crippen LogP contribution in [0.25, 0.3) is 0 Å². The number of hydrogen-bond acceptors (Lipinski definition) is 5. The molecule has 1 N–H and O–H groups in total. The molecule has 180 valence electrons. The van der Waals surface area contributed by atoms with E-state index >= 15 is 0 Å². The first-order valence-electron chi connectivity index (χ1n) is 10.0. The molecular weight excluding hydrogens is 519 g/mol. The van der Waals surface area contributed by atoms with Crippen molar-refractivity contribution >= 4 is 54.7 Å². The Morgan fingerprint density at radius 3 is 2.09 bits per heavy atom. The van der Waals surface area contributed by atoms with Gasteiger partial charge in [0.2, 0.25) is 5.91 Å². The SMILES string of the molecule is C[C@H](NC(=O)CN(c1ccc(Cl)cc1Cl)S(=O)(=O)c1ccccc1)c1ccc(S(C)(=O)=O)cc1. The average molecular weight is 541 g/mol. The molecule has 0 aromatic heterocycles. The van der Waals surface area contributed by atoms with Crippen molar-refractivity contribution < 1.29 is 21.6 Å². The molecule has 1 atom stereocenters. The van der Waals surface area contributed by atoms with Crippen LogP contribution >= 0.6 is 23.2 Å². The minimum atomic E-state index is -4.13. The fourth-order valence-electron chi connectivity index (χ4n) is 3.21. The molecule has 0 heterocycles. The first-order valence-corrected chi connectivity index (χ1v) is 14.1. The van der Waals surface area contributed by atoms with Gasteiger partial charge >= 0.3 is 0 Å². The van der Waals surface area contributed by atoms with E-state index in [9.17, 15) is 21.6 Å². The van der Waals surface area contributed by atoms with E-state index in [0.29, 0.717) is 10.6 Å². The molecule has 11 heteroatoms. The molecule has 3 rings (SSSR count). The van der Waals surface area contributed by atoms with Gasteiger partial charge in [-0.2, -0.15) is 0 Å². The predicted molar refractivity (Wildman–Crippen MR) is 134 cm³/mol. The molecule has 34 heavy (non-hydrogen) atoms. The minimum Gasteiger partial charge on any atom is -0.348 e. The maximum atomic E-state index is 13.4. The van der Waals surface area contributed by atoms with E-state index in [4.69, 9.17) is 23.2 Å². The molecule has 0 radical (unpaired) electrons. The third kappa shape index (κ3) is 6.09. The molecule has 3 aromatic carbocycles. The van der Waals surface area contributed by atoms with Crippen LogP contribution in [0.4, 0.5) is 5.69 Å². The zero-order valence-corrected chi connectivity index (χ0v) is 21.4. The zero-order chi connectivity index (χ0) is 25.1. The lowest BCUT2D eigenvalue weighted by molar-refractivity contribution is -0.120. The second kappa shape index (κ2) is 10.4. The number of anilines is 1. The largest absolute Gasteiger partial charge is 0.348 e. The highest BCUT2D eigenvalue weighted by molar-refractivity contribution is 7.93. The highest BCUT2D eigenvalue weighted by Gasteiger charge is 2.29. The number of hydrogen-bond donors (Lipinski definition) is 1. The molecule has 0 spiro atoms. The van der Waals surface area contributed by atoms with Crippen molar-refractivity contribution in [2.45, 2.75) is 22.8 Å². The van der Waals surface area contributed by atoms with E-state index in [1.165, 1.54) is 42.5 Å². The molecule has 0 aliphatic rings. The predicted octanol–water partition coefficient (Wildman–Crippen LogP) is 4.47. The first kappa shape index (κ1) is 26.0. The number of carbonyl (C=O) groups is 1. The maximum Gasteiger partial charge on any atom is 0.264 e. The Balaban J connectivity index is 1.88. The summed E-state index contributed by atoms with van der Waals surface area (Å²) in [6.07, 6.45) is 1.11. The first-order chi connectivity index (χ1) is 15.9. The van der Waals surface area contributed by atoms with E-state index in [1.54, 1.807) is 37.3 Å². The van der Waals surface area contributed by atoms with E-state index in [1.807, 2.05) is 0 Å². The van der Waals surface area contributed by atoms with Crippen LogP contribution in [0.5, 0.6) is 0 Å². The second-order valence-corrected chi connectivity index (χ2v) is 12.3. The standard InChI is InChI=1S/C23H22Cl2N2O5S2/c1-16(17-8-11-19(12-9-17)33(2,29)30)26-23(28)15-27(22-13-10-18(24)14-21(22)25)34(31,32)20-6-4-3-5-7-20/h3-14,16H,15H2,1-2H3,(H,26,28)/t16-/m0/s1. The van der Waals surface area contributed by atoms with Crippen molar-refractivity contribution in [3.05, 3.63) is 88.4 Å². The van der Waals surface area contributed by atoms with Crippen LogP contribution in [0.2, 0.25) is 10.0 Å². The van der Waals surface area contributed by atoms with Crippen LogP contribution in [0.3, 0.4) is 0 Å². The molecule has 3 aromatic rings. The number of carbonyl (C=O) groups excluding carboxylic acids is 1. The Kier molecular flexibility index (Phi) is 7.92. The summed E-state index contributed by atoms with van der Waals surface area (Å²) in [4.78, 5) is 13.1. The van der Waals surface area contributed by atoms with Crippen LogP contribution in [0.1, 0.15) is 18.5 Å². The van der Waals surface area contributed by atoms with Crippen molar-refractivity contribution in [1.29, 1.82) is 0 Å². The highest BCUT2D eigenvalue weighted by Crippen LogP contribution is 2.32. The van der Waals surface area contributed by atoms with Gasteiger partial charge in [0, 0.05) is 11.3 Å². The highest BCUT2D eigenvalue weighted by atomic mass is 35.5. The van der Waals surface area contributed by atoms with E-state index in [2.05, 4.69) is 5.32 Å². The van der Waals surface area contributed by atoms with Gasteiger partial charge in [0.25, 0.3) is 10.0 Å². The van der Waals surface area contributed by atoms with E-state index in [-0.39, 0.29) is 20.5 Å². The van der Waals surface area contributed by atoms with Crippen LogP contribution in [0, 0.1) is 0 Å². The molecule has 0 unspecified atom stereocenters. The Bertz CT molecular complexity index is 1400. The molecule has 0 aliphatic carbocycles. The summed E-state index contributed by atoms with van der Waals surface area (Å²) >= 11 is 12.2. The third-order valence-corrected chi connectivity index (χ3v) is 8.42. The van der Waals surface area contributed by atoms with Gasteiger partial charge in [-0.25, -0.2) is 16.8 Å². The normalized spacial score (nSPS) is 12.7. The molecule has 1 amide bonds. The van der Waals surface area contributed by atoms with Crippen LogP contribution in [0.15, 0.2) is 82.6 Å². The molecule has 0 bridgehead atoms. The number of nitrogens with one attached hydrogen (secondary N) is 1.